The molecule has 4 aromatic rings. The maximum absolute atomic E-state index is 12.6. The van der Waals surface area contributed by atoms with E-state index in [-0.39, 0.29) is 5.57 Å². The van der Waals surface area contributed by atoms with Crippen molar-refractivity contribution in [3.8, 4) is 6.07 Å². The highest BCUT2D eigenvalue weighted by atomic mass is 35.5. The summed E-state index contributed by atoms with van der Waals surface area (Å²) >= 11 is 7.29. The van der Waals surface area contributed by atoms with Crippen LogP contribution in [-0.2, 0) is 11.2 Å². The van der Waals surface area contributed by atoms with Crippen molar-refractivity contribution in [2.24, 2.45) is 0 Å². The zero-order chi connectivity index (χ0) is 20.2. The number of para-hydroxylation sites is 1. The number of benzene rings is 2. The number of amides is 1. The second kappa shape index (κ2) is 8.31. The molecule has 2 aromatic carbocycles. The number of rotatable bonds is 5. The van der Waals surface area contributed by atoms with Gasteiger partial charge in [-0.2, -0.15) is 5.26 Å². The average Bonchev–Trinajstić information content (AvgIpc) is 3.34. The van der Waals surface area contributed by atoms with Gasteiger partial charge in [0.25, 0.3) is 5.91 Å². The van der Waals surface area contributed by atoms with E-state index in [9.17, 15) is 10.1 Å². The van der Waals surface area contributed by atoms with E-state index in [1.54, 1.807) is 18.5 Å². The molecule has 2 heterocycles. The summed E-state index contributed by atoms with van der Waals surface area (Å²) in [5.74, 6) is -0.481. The summed E-state index contributed by atoms with van der Waals surface area (Å²) < 4.78 is 0. The highest BCUT2D eigenvalue weighted by Crippen LogP contribution is 2.24. The highest BCUT2D eigenvalue weighted by Gasteiger charge is 2.13. The van der Waals surface area contributed by atoms with Crippen LogP contribution in [0.5, 0.6) is 0 Å². The molecular formula is C22H15ClN4OS. The lowest BCUT2D eigenvalue weighted by molar-refractivity contribution is -0.112. The number of hydrogen-bond donors (Lipinski definition) is 2. The largest absolute Gasteiger partial charge is 0.361 e. The van der Waals surface area contributed by atoms with E-state index < -0.39 is 5.91 Å². The van der Waals surface area contributed by atoms with Crippen LogP contribution in [0.1, 0.15) is 16.0 Å². The van der Waals surface area contributed by atoms with E-state index in [2.05, 4.69) is 15.3 Å². The van der Waals surface area contributed by atoms with Crippen molar-refractivity contribution in [2.45, 2.75) is 6.42 Å². The van der Waals surface area contributed by atoms with Crippen LogP contribution < -0.4 is 5.32 Å². The number of hydrogen-bond acceptors (Lipinski definition) is 4. The standard InChI is InChI=1S/C22H15ClN4OS/c23-17-7-5-14(6-8-17)9-18-13-26-22(29-18)27-21(28)15(11-24)10-16-12-25-20-4-2-1-3-19(16)20/h1-8,10,12-13,25H,9H2,(H,26,27,28). The van der Waals surface area contributed by atoms with Crippen molar-refractivity contribution in [3.05, 3.63) is 87.5 Å². The molecule has 29 heavy (non-hydrogen) atoms. The smallest absolute Gasteiger partial charge is 0.268 e. The van der Waals surface area contributed by atoms with E-state index in [4.69, 9.17) is 11.6 Å². The number of thiazole rings is 1. The Labute approximate surface area is 176 Å². The average molecular weight is 419 g/mol. The molecule has 0 saturated carbocycles. The van der Waals surface area contributed by atoms with Gasteiger partial charge in [-0.05, 0) is 29.8 Å². The van der Waals surface area contributed by atoms with Crippen molar-refractivity contribution >= 4 is 51.0 Å². The van der Waals surface area contributed by atoms with Gasteiger partial charge in [0, 0.05) is 45.2 Å². The van der Waals surface area contributed by atoms with E-state index >= 15 is 0 Å². The molecule has 0 bridgehead atoms. The van der Waals surface area contributed by atoms with E-state index in [0.717, 1.165) is 26.9 Å². The number of carbonyl (C=O) groups is 1. The number of carbonyl (C=O) groups excluding carboxylic acids is 1. The number of H-pyrrole nitrogens is 1. The maximum atomic E-state index is 12.6. The predicted molar refractivity (Wildman–Crippen MR) is 117 cm³/mol. The van der Waals surface area contributed by atoms with Gasteiger partial charge in [0.1, 0.15) is 11.6 Å². The number of aromatic amines is 1. The van der Waals surface area contributed by atoms with Crippen molar-refractivity contribution in [3.63, 3.8) is 0 Å². The van der Waals surface area contributed by atoms with Gasteiger partial charge < -0.3 is 4.98 Å². The number of nitrogens with zero attached hydrogens (tertiary/aromatic N) is 2. The minimum absolute atomic E-state index is 0.0178. The molecule has 1 amide bonds. The topological polar surface area (TPSA) is 81.6 Å². The van der Waals surface area contributed by atoms with Crippen LogP contribution in [0.15, 0.2) is 66.5 Å². The Kier molecular flexibility index (Phi) is 5.43. The monoisotopic (exact) mass is 418 g/mol. The third-order valence-corrected chi connectivity index (χ3v) is 5.52. The van der Waals surface area contributed by atoms with Crippen molar-refractivity contribution in [1.82, 2.24) is 9.97 Å². The highest BCUT2D eigenvalue weighted by molar-refractivity contribution is 7.15. The van der Waals surface area contributed by atoms with Crippen LogP contribution in [0.25, 0.3) is 17.0 Å². The first kappa shape index (κ1) is 18.9. The molecule has 4 rings (SSSR count). The number of fused-ring (bicyclic) bond motifs is 1. The van der Waals surface area contributed by atoms with Crippen LogP contribution in [0.4, 0.5) is 5.13 Å². The fourth-order valence-electron chi connectivity index (χ4n) is 2.93. The normalized spacial score (nSPS) is 11.4. The molecule has 142 valence electrons. The molecule has 2 aromatic heterocycles. The maximum Gasteiger partial charge on any atom is 0.268 e. The molecule has 5 nitrogen and oxygen atoms in total. The minimum atomic E-state index is -0.481. The Balaban J connectivity index is 1.49. The second-order valence-corrected chi connectivity index (χ2v) is 7.90. The molecular weight excluding hydrogens is 404 g/mol. The van der Waals surface area contributed by atoms with Gasteiger partial charge in [-0.15, -0.1) is 11.3 Å². The van der Waals surface area contributed by atoms with Crippen molar-refractivity contribution in [1.29, 1.82) is 5.26 Å². The first-order valence-corrected chi connectivity index (χ1v) is 10.0. The lowest BCUT2D eigenvalue weighted by Gasteiger charge is -2.00. The fourth-order valence-corrected chi connectivity index (χ4v) is 3.90. The van der Waals surface area contributed by atoms with Crippen LogP contribution in [0, 0.1) is 11.3 Å². The molecule has 7 heteroatoms. The van der Waals surface area contributed by atoms with Crippen LogP contribution in [0.2, 0.25) is 5.02 Å². The molecule has 0 aliphatic rings. The summed E-state index contributed by atoms with van der Waals surface area (Å²) in [7, 11) is 0. The predicted octanol–water partition coefficient (Wildman–Crippen LogP) is 5.41. The van der Waals surface area contributed by atoms with Gasteiger partial charge in [0.05, 0.1) is 0 Å². The SMILES string of the molecule is N#CC(=Cc1c[nH]c2ccccc12)C(=O)Nc1ncc(Cc2ccc(Cl)cc2)s1. The first-order chi connectivity index (χ1) is 14.1. The summed E-state index contributed by atoms with van der Waals surface area (Å²) in [6.45, 7) is 0. The van der Waals surface area contributed by atoms with E-state index in [1.807, 2.05) is 54.6 Å². The Bertz CT molecular complexity index is 1250. The summed E-state index contributed by atoms with van der Waals surface area (Å²) in [6, 6.07) is 17.3. The number of anilines is 1. The van der Waals surface area contributed by atoms with Gasteiger partial charge >= 0.3 is 0 Å². The Morgan fingerprint density at radius 2 is 2.03 bits per heavy atom. The van der Waals surface area contributed by atoms with Crippen molar-refractivity contribution in [2.75, 3.05) is 5.32 Å². The molecule has 0 aliphatic carbocycles. The lowest BCUT2D eigenvalue weighted by Crippen LogP contribution is -2.13. The van der Waals surface area contributed by atoms with Crippen LogP contribution >= 0.6 is 22.9 Å². The van der Waals surface area contributed by atoms with Crippen molar-refractivity contribution < 1.29 is 4.79 Å². The zero-order valence-electron chi connectivity index (χ0n) is 15.1. The molecule has 0 saturated heterocycles. The Morgan fingerprint density at radius 1 is 1.24 bits per heavy atom. The van der Waals surface area contributed by atoms with E-state index in [0.29, 0.717) is 16.6 Å². The molecule has 0 atom stereocenters. The van der Waals surface area contributed by atoms with Gasteiger partial charge in [0.15, 0.2) is 5.13 Å². The van der Waals surface area contributed by atoms with Gasteiger partial charge in [-0.1, -0.05) is 41.9 Å². The number of aromatic nitrogens is 2. The zero-order valence-corrected chi connectivity index (χ0v) is 16.7. The summed E-state index contributed by atoms with van der Waals surface area (Å²) in [5, 5.41) is 14.3. The molecule has 0 fully saturated rings. The number of halogens is 1. The third-order valence-electron chi connectivity index (χ3n) is 4.35. The third kappa shape index (κ3) is 4.37. The summed E-state index contributed by atoms with van der Waals surface area (Å²) in [6.07, 6.45) is 5.78. The molecule has 0 aliphatic heterocycles. The van der Waals surface area contributed by atoms with Gasteiger partial charge in [-0.3, -0.25) is 10.1 Å². The fraction of sp³-hybridized carbons (Fsp3) is 0.0455. The van der Waals surface area contributed by atoms with Gasteiger partial charge in [-0.25, -0.2) is 4.98 Å². The Hall–Kier alpha value is -3.40. The van der Waals surface area contributed by atoms with Gasteiger partial charge in [0.2, 0.25) is 0 Å². The summed E-state index contributed by atoms with van der Waals surface area (Å²) in [4.78, 5) is 20.9. The minimum Gasteiger partial charge on any atom is -0.361 e. The number of nitriles is 1. The lowest BCUT2D eigenvalue weighted by atomic mass is 10.1. The molecule has 0 spiro atoms. The number of nitrogens with one attached hydrogen (secondary N) is 2. The molecule has 0 radical (unpaired) electrons. The van der Waals surface area contributed by atoms with Crippen LogP contribution in [-0.4, -0.2) is 15.9 Å². The molecule has 0 unspecified atom stereocenters. The second-order valence-electron chi connectivity index (χ2n) is 6.35. The summed E-state index contributed by atoms with van der Waals surface area (Å²) in [5.41, 5.74) is 2.86. The molecule has 2 N–H and O–H groups in total. The quantitative estimate of drug-likeness (QED) is 0.335. The van der Waals surface area contributed by atoms with Crippen LogP contribution in [0.3, 0.4) is 0 Å². The van der Waals surface area contributed by atoms with E-state index in [1.165, 1.54) is 11.3 Å². The Morgan fingerprint density at radius 3 is 2.83 bits per heavy atom. The first-order valence-electron chi connectivity index (χ1n) is 8.81.